The summed E-state index contributed by atoms with van der Waals surface area (Å²) in [5.41, 5.74) is 0. The number of rotatable bonds is 38. The van der Waals surface area contributed by atoms with Crippen molar-refractivity contribution in [2.75, 3.05) is 119 Å². The van der Waals surface area contributed by atoms with Crippen LogP contribution in [-0.4, -0.2) is 131 Å². The molecule has 0 amide bonds. The smallest absolute Gasteiger partial charge is 0.305 e. The van der Waals surface area contributed by atoms with Gasteiger partial charge in [-0.1, -0.05) is 58.8 Å². The Kier molecular flexibility index (Phi) is 37.6. The first kappa shape index (κ1) is 43.6. The van der Waals surface area contributed by atoms with E-state index in [0.29, 0.717) is 119 Å². The predicted octanol–water partition coefficient (Wildman–Crippen LogP) is 4.54. The highest BCUT2D eigenvalue weighted by Gasteiger charge is 2.03. The molecule has 0 radical (unpaired) electrons. The standard InChI is InChI=1S/C33H64O12/c1-3-5-7-9-11-13-33(35)45-31-29-43-27-25-41-23-21-39-19-17-37-15-14-36-16-18-38-20-22-40-24-26-42-28-30-44-32(34)12-10-8-6-4-2/h3-31H2,1-2H3. The molecule has 0 saturated carbocycles. The average molecular weight is 653 g/mol. The first-order chi connectivity index (χ1) is 22.2. The molecule has 0 aromatic rings. The molecule has 0 aliphatic carbocycles. The highest BCUT2D eigenvalue weighted by Crippen LogP contribution is 2.06. The minimum Gasteiger partial charge on any atom is -0.463 e. The van der Waals surface area contributed by atoms with Crippen LogP contribution in [-0.2, 0) is 57.0 Å². The van der Waals surface area contributed by atoms with Gasteiger partial charge in [-0.2, -0.15) is 0 Å². The molecular weight excluding hydrogens is 588 g/mol. The lowest BCUT2D eigenvalue weighted by Crippen LogP contribution is -2.15. The molecule has 268 valence electrons. The molecule has 0 atom stereocenters. The third kappa shape index (κ3) is 38.7. The van der Waals surface area contributed by atoms with Crippen LogP contribution in [0.3, 0.4) is 0 Å². The van der Waals surface area contributed by atoms with Crippen LogP contribution in [0.4, 0.5) is 0 Å². The molecule has 45 heavy (non-hydrogen) atoms. The number of unbranched alkanes of at least 4 members (excludes halogenated alkanes) is 7. The predicted molar refractivity (Wildman–Crippen MR) is 171 cm³/mol. The van der Waals surface area contributed by atoms with Gasteiger partial charge >= 0.3 is 11.9 Å². The molecule has 0 N–H and O–H groups in total. The van der Waals surface area contributed by atoms with Crippen molar-refractivity contribution in [3.8, 4) is 0 Å². The lowest BCUT2D eigenvalue weighted by molar-refractivity contribution is -0.146. The van der Waals surface area contributed by atoms with Crippen molar-refractivity contribution in [1.82, 2.24) is 0 Å². The largest absolute Gasteiger partial charge is 0.463 e. The van der Waals surface area contributed by atoms with Crippen LogP contribution in [0.25, 0.3) is 0 Å². The van der Waals surface area contributed by atoms with Crippen molar-refractivity contribution in [3.63, 3.8) is 0 Å². The van der Waals surface area contributed by atoms with Gasteiger partial charge in [0.05, 0.1) is 106 Å². The molecule has 0 saturated heterocycles. The van der Waals surface area contributed by atoms with E-state index in [0.717, 1.165) is 38.5 Å². The van der Waals surface area contributed by atoms with Crippen molar-refractivity contribution in [2.24, 2.45) is 0 Å². The lowest BCUT2D eigenvalue weighted by atomic mass is 10.1. The normalized spacial score (nSPS) is 11.2. The molecule has 0 aromatic carbocycles. The lowest BCUT2D eigenvalue weighted by Gasteiger charge is -2.09. The molecule has 0 aliphatic heterocycles. The fourth-order valence-electron chi connectivity index (χ4n) is 3.78. The van der Waals surface area contributed by atoms with E-state index in [9.17, 15) is 9.59 Å². The number of ether oxygens (including phenoxy) is 10. The van der Waals surface area contributed by atoms with E-state index in [-0.39, 0.29) is 25.2 Å². The monoisotopic (exact) mass is 652 g/mol. The Hall–Kier alpha value is -1.38. The van der Waals surface area contributed by atoms with Crippen molar-refractivity contribution in [3.05, 3.63) is 0 Å². The van der Waals surface area contributed by atoms with E-state index in [4.69, 9.17) is 47.4 Å². The summed E-state index contributed by atoms with van der Waals surface area (Å²) < 4.78 is 53.8. The number of carbonyl (C=O) groups excluding carboxylic acids is 2. The van der Waals surface area contributed by atoms with Crippen molar-refractivity contribution >= 4 is 11.9 Å². The summed E-state index contributed by atoms with van der Waals surface area (Å²) in [6.07, 6.45) is 10.8. The maximum absolute atomic E-state index is 11.6. The van der Waals surface area contributed by atoms with Gasteiger partial charge in [0, 0.05) is 12.8 Å². The zero-order valence-electron chi connectivity index (χ0n) is 28.4. The van der Waals surface area contributed by atoms with E-state index >= 15 is 0 Å². The maximum Gasteiger partial charge on any atom is 0.305 e. The Labute approximate surface area is 272 Å². The quantitative estimate of drug-likeness (QED) is 0.0687. The summed E-state index contributed by atoms with van der Waals surface area (Å²) >= 11 is 0. The Morgan fingerprint density at radius 2 is 0.533 bits per heavy atom. The maximum atomic E-state index is 11.6. The van der Waals surface area contributed by atoms with Gasteiger partial charge < -0.3 is 47.4 Å². The molecular formula is C33H64O12. The van der Waals surface area contributed by atoms with Crippen molar-refractivity contribution in [2.45, 2.75) is 84.5 Å². The molecule has 0 heterocycles. The molecule has 0 rings (SSSR count). The second-order valence-electron chi connectivity index (χ2n) is 10.3. The number of carbonyl (C=O) groups is 2. The second kappa shape index (κ2) is 38.8. The Bertz CT molecular complexity index is 608. The van der Waals surface area contributed by atoms with Gasteiger partial charge in [0.1, 0.15) is 13.2 Å². The molecule has 0 fully saturated rings. The Morgan fingerprint density at radius 1 is 0.311 bits per heavy atom. The van der Waals surface area contributed by atoms with Crippen LogP contribution in [0.1, 0.15) is 84.5 Å². The molecule has 0 spiro atoms. The van der Waals surface area contributed by atoms with E-state index in [1.807, 2.05) is 0 Å². The van der Waals surface area contributed by atoms with E-state index < -0.39 is 0 Å². The van der Waals surface area contributed by atoms with Gasteiger partial charge in [-0.15, -0.1) is 0 Å². The van der Waals surface area contributed by atoms with Gasteiger partial charge in [0.2, 0.25) is 0 Å². The first-order valence-electron chi connectivity index (χ1n) is 17.1. The molecule has 12 nitrogen and oxygen atoms in total. The molecule has 0 aliphatic rings. The molecule has 12 heteroatoms. The summed E-state index contributed by atoms with van der Waals surface area (Å²) in [6, 6.07) is 0. The number of hydrogen-bond acceptors (Lipinski definition) is 12. The van der Waals surface area contributed by atoms with E-state index in [1.54, 1.807) is 0 Å². The average Bonchev–Trinajstić information content (AvgIpc) is 3.04. The SMILES string of the molecule is CCCCCCCC(=O)OCCOCCOCCOCCOCCOCCOCCOCCOCCOC(=O)CCCCCC. The van der Waals surface area contributed by atoms with E-state index in [2.05, 4.69) is 13.8 Å². The third-order valence-corrected chi connectivity index (χ3v) is 6.30. The zero-order chi connectivity index (χ0) is 32.7. The summed E-state index contributed by atoms with van der Waals surface area (Å²) in [5, 5.41) is 0. The molecule has 0 bridgehead atoms. The molecule has 0 unspecified atom stereocenters. The van der Waals surface area contributed by atoms with Crippen LogP contribution in [0.15, 0.2) is 0 Å². The zero-order valence-corrected chi connectivity index (χ0v) is 28.4. The van der Waals surface area contributed by atoms with Crippen LogP contribution in [0.2, 0.25) is 0 Å². The summed E-state index contributed by atoms with van der Waals surface area (Å²) in [7, 11) is 0. The van der Waals surface area contributed by atoms with Gasteiger partial charge in [-0.3, -0.25) is 9.59 Å². The summed E-state index contributed by atoms with van der Waals surface area (Å²) in [6.45, 7) is 12.4. The van der Waals surface area contributed by atoms with Crippen molar-refractivity contribution < 1.29 is 57.0 Å². The van der Waals surface area contributed by atoms with E-state index in [1.165, 1.54) is 19.3 Å². The van der Waals surface area contributed by atoms with Gasteiger partial charge in [-0.05, 0) is 12.8 Å². The summed E-state index contributed by atoms with van der Waals surface area (Å²) in [5.74, 6) is -0.302. The summed E-state index contributed by atoms with van der Waals surface area (Å²) in [4.78, 5) is 23.1. The topological polar surface area (TPSA) is 126 Å². The van der Waals surface area contributed by atoms with Gasteiger partial charge in [-0.25, -0.2) is 0 Å². The minimum atomic E-state index is -0.154. The third-order valence-electron chi connectivity index (χ3n) is 6.30. The Balaban J connectivity index is 3.12. The van der Waals surface area contributed by atoms with Gasteiger partial charge in [0.15, 0.2) is 0 Å². The van der Waals surface area contributed by atoms with Crippen molar-refractivity contribution in [1.29, 1.82) is 0 Å². The van der Waals surface area contributed by atoms with Crippen LogP contribution in [0, 0.1) is 0 Å². The number of esters is 2. The van der Waals surface area contributed by atoms with Crippen LogP contribution < -0.4 is 0 Å². The highest BCUT2D eigenvalue weighted by molar-refractivity contribution is 5.69. The van der Waals surface area contributed by atoms with Crippen LogP contribution in [0.5, 0.6) is 0 Å². The first-order valence-corrected chi connectivity index (χ1v) is 17.1. The fraction of sp³-hybridized carbons (Fsp3) is 0.939. The minimum absolute atomic E-state index is 0.149. The molecule has 0 aromatic heterocycles. The second-order valence-corrected chi connectivity index (χ2v) is 10.3. The van der Waals surface area contributed by atoms with Gasteiger partial charge in [0.25, 0.3) is 0 Å². The Morgan fingerprint density at radius 3 is 0.800 bits per heavy atom. The van der Waals surface area contributed by atoms with Crippen LogP contribution >= 0.6 is 0 Å². The number of hydrogen-bond donors (Lipinski definition) is 0. The fourth-order valence-corrected chi connectivity index (χ4v) is 3.78. The highest BCUT2D eigenvalue weighted by atomic mass is 16.6.